The molecule has 142 valence electrons. The van der Waals surface area contributed by atoms with Gasteiger partial charge in [-0.1, -0.05) is 12.1 Å². The summed E-state index contributed by atoms with van der Waals surface area (Å²) >= 11 is 0. The summed E-state index contributed by atoms with van der Waals surface area (Å²) in [6.07, 6.45) is -2.82. The van der Waals surface area contributed by atoms with E-state index in [9.17, 15) is 22.8 Å². The first-order chi connectivity index (χ1) is 12.8. The highest BCUT2D eigenvalue weighted by atomic mass is 19.4. The van der Waals surface area contributed by atoms with Crippen molar-refractivity contribution in [3.63, 3.8) is 0 Å². The SMILES string of the molecule is O=C(Nc1cccc(NC(=O)[C@@H]2CCCN2)c1)c1cccc(C(F)(F)F)c1. The summed E-state index contributed by atoms with van der Waals surface area (Å²) in [5.41, 5.74) is -0.125. The van der Waals surface area contributed by atoms with Crippen molar-refractivity contribution >= 4 is 23.2 Å². The van der Waals surface area contributed by atoms with Gasteiger partial charge in [0.15, 0.2) is 0 Å². The lowest BCUT2D eigenvalue weighted by Crippen LogP contribution is -2.35. The highest BCUT2D eigenvalue weighted by Gasteiger charge is 2.30. The summed E-state index contributed by atoms with van der Waals surface area (Å²) in [5, 5.41) is 8.40. The van der Waals surface area contributed by atoms with Crippen LogP contribution in [0.25, 0.3) is 0 Å². The van der Waals surface area contributed by atoms with E-state index < -0.39 is 17.6 Å². The van der Waals surface area contributed by atoms with Crippen molar-refractivity contribution in [2.45, 2.75) is 25.1 Å². The molecule has 2 aromatic rings. The summed E-state index contributed by atoms with van der Waals surface area (Å²) in [5.74, 6) is -0.823. The third-order valence-electron chi connectivity index (χ3n) is 4.22. The number of alkyl halides is 3. The maximum absolute atomic E-state index is 12.8. The zero-order valence-corrected chi connectivity index (χ0v) is 14.3. The van der Waals surface area contributed by atoms with Crippen molar-refractivity contribution in [2.24, 2.45) is 0 Å². The first-order valence-electron chi connectivity index (χ1n) is 8.46. The quantitative estimate of drug-likeness (QED) is 0.762. The predicted molar refractivity (Wildman–Crippen MR) is 95.5 cm³/mol. The van der Waals surface area contributed by atoms with Crippen molar-refractivity contribution in [3.8, 4) is 0 Å². The standard InChI is InChI=1S/C19H18F3N3O2/c20-19(21,22)13-5-1-4-12(10-13)17(26)24-14-6-2-7-15(11-14)25-18(27)16-8-3-9-23-16/h1-2,4-7,10-11,16,23H,3,8-9H2,(H,24,26)(H,25,27)/t16-/m0/s1. The highest BCUT2D eigenvalue weighted by Crippen LogP contribution is 2.29. The molecule has 1 fully saturated rings. The molecule has 0 saturated carbocycles. The van der Waals surface area contributed by atoms with E-state index in [-0.39, 0.29) is 17.5 Å². The van der Waals surface area contributed by atoms with Crippen LogP contribution in [0.2, 0.25) is 0 Å². The Bertz CT molecular complexity index is 846. The lowest BCUT2D eigenvalue weighted by atomic mass is 10.1. The van der Waals surface area contributed by atoms with Crippen molar-refractivity contribution in [1.82, 2.24) is 5.32 Å². The first-order valence-corrected chi connectivity index (χ1v) is 8.46. The zero-order chi connectivity index (χ0) is 19.4. The number of carbonyl (C=O) groups excluding carboxylic acids is 2. The van der Waals surface area contributed by atoms with Crippen LogP contribution in [0.5, 0.6) is 0 Å². The number of anilines is 2. The van der Waals surface area contributed by atoms with E-state index in [0.717, 1.165) is 31.5 Å². The van der Waals surface area contributed by atoms with Crippen LogP contribution < -0.4 is 16.0 Å². The minimum absolute atomic E-state index is 0.102. The number of halogens is 3. The number of hydrogen-bond acceptors (Lipinski definition) is 3. The average Bonchev–Trinajstić information content (AvgIpc) is 3.16. The molecule has 1 saturated heterocycles. The monoisotopic (exact) mass is 377 g/mol. The van der Waals surface area contributed by atoms with Crippen LogP contribution in [0.3, 0.4) is 0 Å². The van der Waals surface area contributed by atoms with E-state index in [1.54, 1.807) is 24.3 Å². The van der Waals surface area contributed by atoms with E-state index in [4.69, 9.17) is 0 Å². The summed E-state index contributed by atoms with van der Waals surface area (Å²) in [7, 11) is 0. The lowest BCUT2D eigenvalue weighted by molar-refractivity contribution is -0.137. The highest BCUT2D eigenvalue weighted by molar-refractivity contribution is 6.05. The summed E-state index contributed by atoms with van der Waals surface area (Å²) in [6, 6.07) is 10.4. The second-order valence-corrected chi connectivity index (χ2v) is 6.25. The Balaban J connectivity index is 1.69. The van der Waals surface area contributed by atoms with Gasteiger partial charge in [0.2, 0.25) is 5.91 Å². The molecule has 0 aliphatic carbocycles. The maximum atomic E-state index is 12.8. The number of amides is 2. The van der Waals surface area contributed by atoms with Crippen LogP contribution in [-0.2, 0) is 11.0 Å². The van der Waals surface area contributed by atoms with Crippen LogP contribution in [-0.4, -0.2) is 24.4 Å². The molecule has 0 bridgehead atoms. The fourth-order valence-electron chi connectivity index (χ4n) is 2.85. The van der Waals surface area contributed by atoms with Crippen LogP contribution >= 0.6 is 0 Å². The Morgan fingerprint density at radius 3 is 2.37 bits per heavy atom. The van der Waals surface area contributed by atoms with Gasteiger partial charge >= 0.3 is 6.18 Å². The maximum Gasteiger partial charge on any atom is 0.416 e. The molecule has 1 aliphatic heterocycles. The second-order valence-electron chi connectivity index (χ2n) is 6.25. The molecule has 0 aromatic heterocycles. The Morgan fingerprint density at radius 2 is 1.70 bits per heavy atom. The van der Waals surface area contributed by atoms with E-state index in [1.165, 1.54) is 12.1 Å². The molecule has 1 atom stereocenters. The lowest BCUT2D eigenvalue weighted by Gasteiger charge is -2.13. The van der Waals surface area contributed by atoms with Crippen LogP contribution in [0, 0.1) is 0 Å². The molecular formula is C19H18F3N3O2. The van der Waals surface area contributed by atoms with Gasteiger partial charge in [0, 0.05) is 16.9 Å². The van der Waals surface area contributed by atoms with Crippen molar-refractivity contribution in [3.05, 3.63) is 59.7 Å². The van der Waals surface area contributed by atoms with E-state index in [0.29, 0.717) is 11.4 Å². The van der Waals surface area contributed by atoms with Crippen LogP contribution in [0.4, 0.5) is 24.5 Å². The van der Waals surface area contributed by atoms with Crippen LogP contribution in [0.1, 0.15) is 28.8 Å². The Hall–Kier alpha value is -2.87. The van der Waals surface area contributed by atoms with Gasteiger partial charge in [0.05, 0.1) is 11.6 Å². The first kappa shape index (κ1) is 18.9. The summed E-state index contributed by atoms with van der Waals surface area (Å²) < 4.78 is 38.4. The molecule has 2 amide bonds. The third kappa shape index (κ3) is 4.85. The van der Waals surface area contributed by atoms with E-state index in [2.05, 4.69) is 16.0 Å². The minimum Gasteiger partial charge on any atom is -0.325 e. The van der Waals surface area contributed by atoms with E-state index in [1.807, 2.05) is 0 Å². The molecule has 0 unspecified atom stereocenters. The van der Waals surface area contributed by atoms with Gasteiger partial charge in [0.1, 0.15) is 0 Å². The normalized spacial score (nSPS) is 16.8. The number of benzene rings is 2. The topological polar surface area (TPSA) is 70.2 Å². The molecule has 2 aromatic carbocycles. The molecule has 27 heavy (non-hydrogen) atoms. The average molecular weight is 377 g/mol. The Labute approximate surface area is 154 Å². The molecule has 0 radical (unpaired) electrons. The van der Waals surface area contributed by atoms with Gasteiger partial charge in [-0.15, -0.1) is 0 Å². The summed E-state index contributed by atoms with van der Waals surface area (Å²) in [6.45, 7) is 0.797. The van der Waals surface area contributed by atoms with Crippen molar-refractivity contribution in [2.75, 3.05) is 17.2 Å². The number of hydrogen-bond donors (Lipinski definition) is 3. The number of carbonyl (C=O) groups is 2. The van der Waals surface area contributed by atoms with Crippen molar-refractivity contribution in [1.29, 1.82) is 0 Å². The Kier molecular flexibility index (Phi) is 5.46. The zero-order valence-electron chi connectivity index (χ0n) is 14.3. The largest absolute Gasteiger partial charge is 0.416 e. The molecule has 3 N–H and O–H groups in total. The van der Waals surface area contributed by atoms with Gasteiger partial charge in [-0.2, -0.15) is 13.2 Å². The van der Waals surface area contributed by atoms with Crippen LogP contribution in [0.15, 0.2) is 48.5 Å². The third-order valence-corrected chi connectivity index (χ3v) is 4.22. The Morgan fingerprint density at radius 1 is 1.00 bits per heavy atom. The fourth-order valence-corrected chi connectivity index (χ4v) is 2.85. The van der Waals surface area contributed by atoms with Gasteiger partial charge < -0.3 is 16.0 Å². The molecule has 1 aliphatic rings. The minimum atomic E-state index is -4.52. The van der Waals surface area contributed by atoms with Crippen molar-refractivity contribution < 1.29 is 22.8 Å². The molecule has 1 heterocycles. The second kappa shape index (κ2) is 7.79. The van der Waals surface area contributed by atoms with E-state index >= 15 is 0 Å². The van der Waals surface area contributed by atoms with Gasteiger partial charge in [-0.25, -0.2) is 0 Å². The molecule has 8 heteroatoms. The smallest absolute Gasteiger partial charge is 0.325 e. The molecular weight excluding hydrogens is 359 g/mol. The van der Waals surface area contributed by atoms with Gasteiger partial charge in [0.25, 0.3) is 5.91 Å². The number of rotatable bonds is 4. The number of nitrogens with one attached hydrogen (secondary N) is 3. The predicted octanol–water partition coefficient (Wildman–Crippen LogP) is 3.65. The molecule has 3 rings (SSSR count). The van der Waals surface area contributed by atoms with Gasteiger partial charge in [-0.05, 0) is 55.8 Å². The molecule has 0 spiro atoms. The fraction of sp³-hybridized carbons (Fsp3) is 0.263. The van der Waals surface area contributed by atoms with Gasteiger partial charge in [-0.3, -0.25) is 9.59 Å². The summed E-state index contributed by atoms with van der Waals surface area (Å²) in [4.78, 5) is 24.4. The molecule has 5 nitrogen and oxygen atoms in total.